The minimum absolute atomic E-state index is 0.288. The summed E-state index contributed by atoms with van der Waals surface area (Å²) < 4.78 is 23.8. The van der Waals surface area contributed by atoms with Crippen LogP contribution in [0.5, 0.6) is 0 Å². The molecule has 2 N–H and O–H groups in total. The molecule has 0 bridgehead atoms. The van der Waals surface area contributed by atoms with Crippen LogP contribution in [-0.2, 0) is 11.3 Å². The second kappa shape index (κ2) is 5.33. The summed E-state index contributed by atoms with van der Waals surface area (Å²) in [4.78, 5) is 0. The van der Waals surface area contributed by atoms with Crippen LogP contribution in [0.25, 0.3) is 0 Å². The highest BCUT2D eigenvalue weighted by Gasteiger charge is 2.14. The van der Waals surface area contributed by atoms with E-state index in [2.05, 4.69) is 0 Å². The smallest absolute Gasteiger partial charge is 0.129 e. The summed E-state index contributed by atoms with van der Waals surface area (Å²) in [5, 5.41) is 0. The Hall–Kier alpha value is -1.65. The van der Waals surface area contributed by atoms with Gasteiger partial charge in [0.15, 0.2) is 0 Å². The van der Waals surface area contributed by atoms with Crippen molar-refractivity contribution in [1.82, 2.24) is 0 Å². The van der Waals surface area contributed by atoms with Gasteiger partial charge in [0.05, 0.1) is 6.04 Å². The molecule has 2 aromatic rings. The second-order valence-electron chi connectivity index (χ2n) is 4.28. The summed E-state index contributed by atoms with van der Waals surface area (Å²) in [6, 6.07) is 7.88. The quantitative estimate of drug-likeness (QED) is 0.906. The lowest BCUT2D eigenvalue weighted by atomic mass is 10.0. The zero-order valence-electron chi connectivity index (χ0n) is 10.4. The molecule has 1 atom stereocenters. The number of hydrogen-bond acceptors (Lipinski definition) is 3. The van der Waals surface area contributed by atoms with Crippen molar-refractivity contribution in [1.29, 1.82) is 0 Å². The van der Waals surface area contributed by atoms with E-state index in [1.54, 1.807) is 13.2 Å². The molecule has 3 nitrogen and oxygen atoms in total. The number of nitrogens with two attached hydrogens (primary N) is 1. The second-order valence-corrected chi connectivity index (χ2v) is 4.28. The van der Waals surface area contributed by atoms with Gasteiger partial charge in [-0.25, -0.2) is 4.39 Å². The fourth-order valence-electron chi connectivity index (χ4n) is 1.89. The Morgan fingerprint density at radius 2 is 2.11 bits per heavy atom. The third-order valence-electron chi connectivity index (χ3n) is 2.70. The predicted octanol–water partition coefficient (Wildman–Crippen LogP) is 2.92. The van der Waals surface area contributed by atoms with E-state index in [0.717, 1.165) is 5.56 Å². The monoisotopic (exact) mass is 249 g/mol. The van der Waals surface area contributed by atoms with Gasteiger partial charge in [-0.2, -0.15) is 0 Å². The van der Waals surface area contributed by atoms with E-state index in [1.807, 2.05) is 19.1 Å². The van der Waals surface area contributed by atoms with Crippen molar-refractivity contribution in [2.24, 2.45) is 5.73 Å². The van der Waals surface area contributed by atoms with Gasteiger partial charge < -0.3 is 14.9 Å². The Morgan fingerprint density at radius 1 is 1.33 bits per heavy atom. The van der Waals surface area contributed by atoms with Gasteiger partial charge in [0.25, 0.3) is 0 Å². The van der Waals surface area contributed by atoms with Crippen molar-refractivity contribution >= 4 is 0 Å². The van der Waals surface area contributed by atoms with Gasteiger partial charge >= 0.3 is 0 Å². The molecule has 0 amide bonds. The van der Waals surface area contributed by atoms with Crippen LogP contribution in [-0.4, -0.2) is 7.11 Å². The lowest BCUT2D eigenvalue weighted by Crippen LogP contribution is -2.11. The molecule has 0 aliphatic rings. The van der Waals surface area contributed by atoms with Crippen molar-refractivity contribution in [3.8, 4) is 0 Å². The number of halogens is 1. The predicted molar refractivity (Wildman–Crippen MR) is 66.6 cm³/mol. The number of aryl methyl sites for hydroxylation is 1. The molecule has 0 radical (unpaired) electrons. The summed E-state index contributed by atoms with van der Waals surface area (Å²) in [6.07, 6.45) is 0. The van der Waals surface area contributed by atoms with Crippen molar-refractivity contribution in [2.45, 2.75) is 19.6 Å². The summed E-state index contributed by atoms with van der Waals surface area (Å²) in [6.45, 7) is 2.23. The van der Waals surface area contributed by atoms with Crippen molar-refractivity contribution in [2.75, 3.05) is 7.11 Å². The Kier molecular flexibility index (Phi) is 3.79. The normalized spacial score (nSPS) is 12.7. The third-order valence-corrected chi connectivity index (χ3v) is 2.70. The van der Waals surface area contributed by atoms with Crippen LogP contribution >= 0.6 is 0 Å². The topological polar surface area (TPSA) is 48.4 Å². The number of hydrogen-bond donors (Lipinski definition) is 1. The highest BCUT2D eigenvalue weighted by molar-refractivity contribution is 5.31. The summed E-state index contributed by atoms with van der Waals surface area (Å²) >= 11 is 0. The SMILES string of the molecule is COCc1ccc(C(N)c2cc(C)cc(F)c2)o1. The van der Waals surface area contributed by atoms with E-state index in [-0.39, 0.29) is 5.82 Å². The van der Waals surface area contributed by atoms with Gasteiger partial charge in [-0.1, -0.05) is 6.07 Å². The first-order valence-corrected chi connectivity index (χ1v) is 5.70. The van der Waals surface area contributed by atoms with E-state index in [0.29, 0.717) is 23.7 Å². The Balaban J connectivity index is 2.26. The first-order chi connectivity index (χ1) is 8.60. The first kappa shape index (κ1) is 12.8. The number of methoxy groups -OCH3 is 1. The van der Waals surface area contributed by atoms with Crippen LogP contribution in [0.2, 0.25) is 0 Å². The van der Waals surface area contributed by atoms with Gasteiger partial charge in [0.1, 0.15) is 23.9 Å². The molecule has 1 unspecified atom stereocenters. The van der Waals surface area contributed by atoms with E-state index in [9.17, 15) is 4.39 Å². The molecule has 18 heavy (non-hydrogen) atoms. The van der Waals surface area contributed by atoms with Gasteiger partial charge in [-0.3, -0.25) is 0 Å². The van der Waals surface area contributed by atoms with Crippen LogP contribution in [0.15, 0.2) is 34.7 Å². The van der Waals surface area contributed by atoms with Gasteiger partial charge in [0, 0.05) is 7.11 Å². The van der Waals surface area contributed by atoms with E-state index < -0.39 is 6.04 Å². The summed E-state index contributed by atoms with van der Waals surface area (Å²) in [5.74, 6) is 1.02. The van der Waals surface area contributed by atoms with E-state index in [4.69, 9.17) is 14.9 Å². The van der Waals surface area contributed by atoms with Crippen molar-refractivity contribution in [3.63, 3.8) is 0 Å². The maximum Gasteiger partial charge on any atom is 0.129 e. The number of benzene rings is 1. The van der Waals surface area contributed by atoms with Gasteiger partial charge in [-0.15, -0.1) is 0 Å². The van der Waals surface area contributed by atoms with Crippen molar-refractivity contribution < 1.29 is 13.5 Å². The lowest BCUT2D eigenvalue weighted by Gasteiger charge is -2.10. The average molecular weight is 249 g/mol. The Labute approximate surface area is 105 Å². The van der Waals surface area contributed by atoms with Crippen LogP contribution in [0.3, 0.4) is 0 Å². The molecule has 0 fully saturated rings. The molecular weight excluding hydrogens is 233 g/mol. The fraction of sp³-hybridized carbons (Fsp3) is 0.286. The van der Waals surface area contributed by atoms with Crippen LogP contribution in [0, 0.1) is 12.7 Å². The van der Waals surface area contributed by atoms with E-state index in [1.165, 1.54) is 12.1 Å². The molecule has 96 valence electrons. The number of ether oxygens (including phenoxy) is 1. The number of rotatable bonds is 4. The molecule has 1 aromatic carbocycles. The largest absolute Gasteiger partial charge is 0.462 e. The van der Waals surface area contributed by atoms with Crippen LogP contribution < -0.4 is 5.73 Å². The zero-order chi connectivity index (χ0) is 13.1. The highest BCUT2D eigenvalue weighted by atomic mass is 19.1. The lowest BCUT2D eigenvalue weighted by molar-refractivity contribution is 0.162. The first-order valence-electron chi connectivity index (χ1n) is 5.70. The molecule has 0 aliphatic carbocycles. The Morgan fingerprint density at radius 3 is 2.78 bits per heavy atom. The Bertz CT molecular complexity index is 516. The van der Waals surface area contributed by atoms with Gasteiger partial charge in [-0.05, 0) is 42.3 Å². The molecule has 0 aliphatic heterocycles. The highest BCUT2D eigenvalue weighted by Crippen LogP contribution is 2.23. The van der Waals surface area contributed by atoms with Crippen molar-refractivity contribution in [3.05, 3.63) is 58.8 Å². The maximum absolute atomic E-state index is 13.3. The molecule has 0 saturated heterocycles. The minimum Gasteiger partial charge on any atom is -0.462 e. The molecule has 2 rings (SSSR count). The fourth-order valence-corrected chi connectivity index (χ4v) is 1.89. The van der Waals surface area contributed by atoms with Crippen LogP contribution in [0.1, 0.15) is 28.7 Å². The zero-order valence-corrected chi connectivity index (χ0v) is 10.4. The standard InChI is InChI=1S/C14H16FNO2/c1-9-5-10(7-11(15)6-9)14(16)13-4-3-12(18-13)8-17-2/h3-7,14H,8,16H2,1-2H3. The third kappa shape index (κ3) is 2.78. The van der Waals surface area contributed by atoms with Crippen LogP contribution in [0.4, 0.5) is 4.39 Å². The molecule has 4 heteroatoms. The van der Waals surface area contributed by atoms with E-state index >= 15 is 0 Å². The summed E-state index contributed by atoms with van der Waals surface area (Å²) in [5.41, 5.74) is 7.60. The average Bonchev–Trinajstić information content (AvgIpc) is 2.76. The maximum atomic E-state index is 13.3. The minimum atomic E-state index is -0.468. The summed E-state index contributed by atoms with van der Waals surface area (Å²) in [7, 11) is 1.60. The molecule has 1 aromatic heterocycles. The number of furan rings is 1. The molecule has 1 heterocycles. The van der Waals surface area contributed by atoms with Gasteiger partial charge in [0.2, 0.25) is 0 Å². The molecule has 0 spiro atoms. The molecule has 0 saturated carbocycles. The molecular formula is C14H16FNO2.